The second kappa shape index (κ2) is 7.33. The Morgan fingerprint density at radius 3 is 2.29 bits per heavy atom. The zero-order valence-electron chi connectivity index (χ0n) is 12.3. The van der Waals surface area contributed by atoms with Crippen molar-refractivity contribution in [3.63, 3.8) is 0 Å². The minimum atomic E-state index is -0.0605. The molecule has 0 unspecified atom stereocenters. The molecule has 2 aromatic rings. The van der Waals surface area contributed by atoms with Gasteiger partial charge in [0.25, 0.3) is 5.91 Å². The molecule has 2 rings (SSSR count). The minimum absolute atomic E-state index is 0.0384. The van der Waals surface area contributed by atoms with Crippen molar-refractivity contribution in [3.8, 4) is 11.5 Å². The smallest absolute Gasteiger partial charge is 0.260 e. The zero-order chi connectivity index (χ0) is 15.1. The van der Waals surface area contributed by atoms with Crippen molar-refractivity contribution >= 4 is 5.91 Å². The van der Waals surface area contributed by atoms with Crippen molar-refractivity contribution in [1.29, 1.82) is 0 Å². The Hall–Kier alpha value is -2.49. The molecule has 0 N–H and O–H groups in total. The molecular formula is C17H19NO3. The summed E-state index contributed by atoms with van der Waals surface area (Å²) in [6, 6.07) is 17.0. The Morgan fingerprint density at radius 2 is 1.67 bits per heavy atom. The molecule has 0 atom stereocenters. The molecular weight excluding hydrogens is 266 g/mol. The summed E-state index contributed by atoms with van der Waals surface area (Å²) in [5.74, 6) is 1.44. The topological polar surface area (TPSA) is 38.8 Å². The monoisotopic (exact) mass is 285 g/mol. The largest absolute Gasteiger partial charge is 0.497 e. The third-order valence-electron chi connectivity index (χ3n) is 3.11. The van der Waals surface area contributed by atoms with E-state index in [1.807, 2.05) is 54.6 Å². The van der Waals surface area contributed by atoms with E-state index in [-0.39, 0.29) is 12.5 Å². The van der Waals surface area contributed by atoms with E-state index in [1.165, 1.54) is 0 Å². The van der Waals surface area contributed by atoms with Crippen LogP contribution in [-0.4, -0.2) is 31.6 Å². The molecule has 0 aliphatic rings. The fourth-order valence-corrected chi connectivity index (χ4v) is 1.86. The van der Waals surface area contributed by atoms with Crippen LogP contribution in [0, 0.1) is 0 Å². The number of hydrogen-bond donors (Lipinski definition) is 0. The van der Waals surface area contributed by atoms with Gasteiger partial charge in [0.2, 0.25) is 0 Å². The van der Waals surface area contributed by atoms with Crippen molar-refractivity contribution in [3.05, 3.63) is 60.2 Å². The summed E-state index contributed by atoms with van der Waals surface area (Å²) in [5.41, 5.74) is 1.05. The fraction of sp³-hybridized carbons (Fsp3) is 0.235. The quantitative estimate of drug-likeness (QED) is 0.819. The molecule has 0 saturated heterocycles. The van der Waals surface area contributed by atoms with Gasteiger partial charge in [-0.25, -0.2) is 0 Å². The van der Waals surface area contributed by atoms with E-state index in [1.54, 1.807) is 19.1 Å². The summed E-state index contributed by atoms with van der Waals surface area (Å²) in [5, 5.41) is 0. The highest BCUT2D eigenvalue weighted by Crippen LogP contribution is 2.13. The van der Waals surface area contributed by atoms with Crippen LogP contribution in [0.1, 0.15) is 5.56 Å². The van der Waals surface area contributed by atoms with Crippen LogP contribution in [0.3, 0.4) is 0 Å². The maximum absolute atomic E-state index is 12.0. The van der Waals surface area contributed by atoms with Gasteiger partial charge in [-0.15, -0.1) is 0 Å². The number of likely N-dealkylation sites (N-methyl/N-ethyl adjacent to an activating group) is 1. The second-order valence-electron chi connectivity index (χ2n) is 4.70. The maximum atomic E-state index is 12.0. The molecule has 0 saturated carbocycles. The van der Waals surface area contributed by atoms with Crippen LogP contribution in [0.25, 0.3) is 0 Å². The first-order chi connectivity index (χ1) is 10.2. The lowest BCUT2D eigenvalue weighted by Gasteiger charge is -2.17. The first kappa shape index (κ1) is 14.9. The van der Waals surface area contributed by atoms with Gasteiger partial charge in [-0.1, -0.05) is 30.3 Å². The van der Waals surface area contributed by atoms with Crippen LogP contribution in [-0.2, 0) is 11.3 Å². The lowest BCUT2D eigenvalue weighted by molar-refractivity contribution is -0.132. The first-order valence-corrected chi connectivity index (χ1v) is 6.74. The molecule has 0 radical (unpaired) electrons. The van der Waals surface area contributed by atoms with E-state index < -0.39 is 0 Å². The number of benzene rings is 2. The van der Waals surface area contributed by atoms with Gasteiger partial charge in [0.05, 0.1) is 7.11 Å². The second-order valence-corrected chi connectivity index (χ2v) is 4.70. The average Bonchev–Trinajstić information content (AvgIpc) is 2.54. The van der Waals surface area contributed by atoms with Gasteiger partial charge in [-0.2, -0.15) is 0 Å². The van der Waals surface area contributed by atoms with E-state index in [4.69, 9.17) is 9.47 Å². The molecule has 110 valence electrons. The summed E-state index contributed by atoms with van der Waals surface area (Å²) in [6.45, 7) is 0.581. The van der Waals surface area contributed by atoms with E-state index in [0.29, 0.717) is 12.3 Å². The number of carbonyl (C=O) groups is 1. The molecule has 0 aliphatic carbocycles. The highest BCUT2D eigenvalue weighted by Gasteiger charge is 2.10. The van der Waals surface area contributed by atoms with Crippen molar-refractivity contribution in [2.45, 2.75) is 6.54 Å². The molecule has 21 heavy (non-hydrogen) atoms. The van der Waals surface area contributed by atoms with Crippen molar-refractivity contribution in [2.75, 3.05) is 20.8 Å². The third-order valence-corrected chi connectivity index (χ3v) is 3.11. The summed E-state index contributed by atoms with van der Waals surface area (Å²) in [6.07, 6.45) is 0. The predicted octanol–water partition coefficient (Wildman–Crippen LogP) is 2.73. The lowest BCUT2D eigenvalue weighted by atomic mass is 10.2. The normalized spacial score (nSPS) is 10.0. The van der Waals surface area contributed by atoms with Gasteiger partial charge in [0.15, 0.2) is 6.61 Å². The standard InChI is InChI=1S/C17H19NO3/c1-18(12-14-8-10-15(20-2)11-9-14)17(19)13-21-16-6-4-3-5-7-16/h3-11H,12-13H2,1-2H3. The van der Waals surface area contributed by atoms with Crippen LogP contribution in [0.4, 0.5) is 0 Å². The highest BCUT2D eigenvalue weighted by atomic mass is 16.5. The predicted molar refractivity (Wildman–Crippen MR) is 81.4 cm³/mol. The number of hydrogen-bond acceptors (Lipinski definition) is 3. The van der Waals surface area contributed by atoms with Crippen LogP contribution >= 0.6 is 0 Å². The molecule has 0 aromatic heterocycles. The Morgan fingerprint density at radius 1 is 1.00 bits per heavy atom. The van der Waals surface area contributed by atoms with E-state index in [9.17, 15) is 4.79 Å². The zero-order valence-corrected chi connectivity index (χ0v) is 12.3. The minimum Gasteiger partial charge on any atom is -0.497 e. The molecule has 2 aromatic carbocycles. The van der Waals surface area contributed by atoms with Gasteiger partial charge in [-0.3, -0.25) is 4.79 Å². The van der Waals surface area contributed by atoms with Gasteiger partial charge in [0.1, 0.15) is 11.5 Å². The third kappa shape index (κ3) is 4.53. The van der Waals surface area contributed by atoms with E-state index in [0.717, 1.165) is 11.3 Å². The van der Waals surface area contributed by atoms with Gasteiger partial charge < -0.3 is 14.4 Å². The number of ether oxygens (including phenoxy) is 2. The van der Waals surface area contributed by atoms with Crippen molar-refractivity contribution in [2.24, 2.45) is 0 Å². The van der Waals surface area contributed by atoms with Gasteiger partial charge in [-0.05, 0) is 29.8 Å². The Balaban J connectivity index is 1.84. The Bertz CT molecular complexity index is 566. The SMILES string of the molecule is COc1ccc(CN(C)C(=O)COc2ccccc2)cc1. The fourth-order valence-electron chi connectivity index (χ4n) is 1.86. The van der Waals surface area contributed by atoms with Crippen LogP contribution in [0.5, 0.6) is 11.5 Å². The highest BCUT2D eigenvalue weighted by molar-refractivity contribution is 5.77. The van der Waals surface area contributed by atoms with Crippen LogP contribution in [0.2, 0.25) is 0 Å². The number of para-hydroxylation sites is 1. The number of methoxy groups -OCH3 is 1. The molecule has 0 heterocycles. The molecule has 0 bridgehead atoms. The Labute approximate surface area is 124 Å². The molecule has 0 spiro atoms. The van der Waals surface area contributed by atoms with E-state index >= 15 is 0 Å². The van der Waals surface area contributed by atoms with Crippen LogP contribution < -0.4 is 9.47 Å². The number of amides is 1. The van der Waals surface area contributed by atoms with E-state index in [2.05, 4.69) is 0 Å². The molecule has 4 heteroatoms. The lowest BCUT2D eigenvalue weighted by Crippen LogP contribution is -2.30. The first-order valence-electron chi connectivity index (χ1n) is 6.74. The maximum Gasteiger partial charge on any atom is 0.260 e. The van der Waals surface area contributed by atoms with Gasteiger partial charge in [0, 0.05) is 13.6 Å². The molecule has 0 aliphatic heterocycles. The molecule has 4 nitrogen and oxygen atoms in total. The average molecular weight is 285 g/mol. The summed E-state index contributed by atoms with van der Waals surface area (Å²) in [4.78, 5) is 13.7. The van der Waals surface area contributed by atoms with Crippen molar-refractivity contribution in [1.82, 2.24) is 4.90 Å². The molecule has 1 amide bonds. The number of nitrogens with zero attached hydrogens (tertiary/aromatic N) is 1. The molecule has 0 fully saturated rings. The summed E-state index contributed by atoms with van der Waals surface area (Å²) >= 11 is 0. The summed E-state index contributed by atoms with van der Waals surface area (Å²) < 4.78 is 10.6. The van der Waals surface area contributed by atoms with Crippen molar-refractivity contribution < 1.29 is 14.3 Å². The van der Waals surface area contributed by atoms with Gasteiger partial charge >= 0.3 is 0 Å². The Kier molecular flexibility index (Phi) is 5.21. The number of carbonyl (C=O) groups excluding carboxylic acids is 1. The van der Waals surface area contributed by atoms with Crippen LogP contribution in [0.15, 0.2) is 54.6 Å². The summed E-state index contributed by atoms with van der Waals surface area (Å²) in [7, 11) is 3.40. The number of rotatable bonds is 6.